The van der Waals surface area contributed by atoms with Gasteiger partial charge in [0.2, 0.25) is 0 Å². The molecule has 0 saturated carbocycles. The van der Waals surface area contributed by atoms with Gasteiger partial charge in [0.05, 0.1) is 22.9 Å². The van der Waals surface area contributed by atoms with Crippen LogP contribution in [0.3, 0.4) is 0 Å². The van der Waals surface area contributed by atoms with Gasteiger partial charge in [-0.05, 0) is 19.1 Å². The van der Waals surface area contributed by atoms with Gasteiger partial charge < -0.3 is 15.2 Å². The SMILES string of the molecule is Cc1cc(NC(=S)N[C@@H]2CS(=O)(=O)C[C@@H]2Cl)no1. The van der Waals surface area contributed by atoms with Gasteiger partial charge in [-0.15, -0.1) is 11.6 Å². The number of rotatable bonds is 2. The first-order chi connectivity index (χ1) is 8.35. The van der Waals surface area contributed by atoms with E-state index in [1.54, 1.807) is 13.0 Å². The lowest BCUT2D eigenvalue weighted by molar-refractivity contribution is 0.400. The fraction of sp³-hybridized carbons (Fsp3) is 0.556. The molecular weight excluding hydrogens is 298 g/mol. The number of aryl methyl sites for hydroxylation is 1. The van der Waals surface area contributed by atoms with Crippen molar-refractivity contribution in [2.75, 3.05) is 16.8 Å². The maximum atomic E-state index is 11.4. The lowest BCUT2D eigenvalue weighted by Crippen LogP contribution is -2.42. The summed E-state index contributed by atoms with van der Waals surface area (Å²) in [5.74, 6) is 1.08. The molecule has 0 radical (unpaired) electrons. The van der Waals surface area contributed by atoms with Crippen LogP contribution in [0.4, 0.5) is 5.82 Å². The molecule has 0 aromatic carbocycles. The Morgan fingerprint density at radius 3 is 2.83 bits per heavy atom. The molecule has 0 aliphatic carbocycles. The van der Waals surface area contributed by atoms with E-state index < -0.39 is 15.2 Å². The Labute approximate surface area is 115 Å². The summed E-state index contributed by atoms with van der Waals surface area (Å²) in [5.41, 5.74) is 0. The monoisotopic (exact) mass is 309 g/mol. The number of hydrogen-bond donors (Lipinski definition) is 2. The average Bonchev–Trinajstić information content (AvgIpc) is 2.71. The third-order valence-corrected chi connectivity index (χ3v) is 5.06. The first kappa shape index (κ1) is 13.6. The van der Waals surface area contributed by atoms with Crippen molar-refractivity contribution in [1.82, 2.24) is 10.5 Å². The van der Waals surface area contributed by atoms with Crippen LogP contribution in [-0.4, -0.2) is 41.6 Å². The highest BCUT2D eigenvalue weighted by atomic mass is 35.5. The first-order valence-electron chi connectivity index (χ1n) is 5.21. The number of hydrogen-bond acceptors (Lipinski definition) is 5. The van der Waals surface area contributed by atoms with Gasteiger partial charge in [-0.1, -0.05) is 5.16 Å². The van der Waals surface area contributed by atoms with Crippen LogP contribution >= 0.6 is 23.8 Å². The Hall–Kier alpha value is -0.860. The summed E-state index contributed by atoms with van der Waals surface area (Å²) in [5, 5.41) is 9.18. The molecule has 2 atom stereocenters. The summed E-state index contributed by atoms with van der Waals surface area (Å²) in [6.45, 7) is 1.76. The van der Waals surface area contributed by atoms with E-state index in [2.05, 4.69) is 15.8 Å². The third-order valence-electron chi connectivity index (χ3n) is 2.47. The zero-order valence-corrected chi connectivity index (χ0v) is 11.9. The van der Waals surface area contributed by atoms with E-state index >= 15 is 0 Å². The molecule has 2 rings (SSSR count). The lowest BCUT2D eigenvalue weighted by atomic mass is 10.2. The zero-order valence-electron chi connectivity index (χ0n) is 9.51. The van der Waals surface area contributed by atoms with Crippen LogP contribution in [0, 0.1) is 6.92 Å². The van der Waals surface area contributed by atoms with Crippen molar-refractivity contribution < 1.29 is 12.9 Å². The van der Waals surface area contributed by atoms with Gasteiger partial charge in [0, 0.05) is 6.07 Å². The Bertz CT molecular complexity index is 557. The highest BCUT2D eigenvalue weighted by molar-refractivity contribution is 7.91. The van der Waals surface area contributed by atoms with Gasteiger partial charge in [-0.2, -0.15) is 0 Å². The van der Waals surface area contributed by atoms with E-state index in [0.29, 0.717) is 11.6 Å². The van der Waals surface area contributed by atoms with E-state index in [4.69, 9.17) is 28.3 Å². The fourth-order valence-electron chi connectivity index (χ4n) is 1.68. The quantitative estimate of drug-likeness (QED) is 0.613. The number of nitrogens with zero attached hydrogens (tertiary/aromatic N) is 1. The summed E-state index contributed by atoms with van der Waals surface area (Å²) < 4.78 is 27.6. The molecule has 2 N–H and O–H groups in total. The smallest absolute Gasteiger partial charge is 0.175 e. The van der Waals surface area contributed by atoms with E-state index in [0.717, 1.165) is 0 Å². The molecule has 2 heterocycles. The third kappa shape index (κ3) is 3.33. The predicted octanol–water partition coefficient (Wildman–Crippen LogP) is 0.674. The molecule has 1 aliphatic heterocycles. The molecule has 0 spiro atoms. The van der Waals surface area contributed by atoms with Crippen molar-refractivity contribution in [2.24, 2.45) is 0 Å². The lowest BCUT2D eigenvalue weighted by Gasteiger charge is -2.16. The number of thiocarbonyl (C=S) groups is 1. The number of nitrogens with one attached hydrogen (secondary N) is 2. The van der Waals surface area contributed by atoms with Gasteiger partial charge in [0.25, 0.3) is 0 Å². The standard InChI is InChI=1S/C9H12ClN3O3S2/c1-5-2-8(13-16-5)12-9(17)11-7-4-18(14,15)3-6(7)10/h2,6-7H,3-4H2,1H3,(H2,11,12,13,17)/t6-,7+/m0/s1. The number of alkyl halides is 1. The molecule has 1 fully saturated rings. The predicted molar refractivity (Wildman–Crippen MR) is 72.7 cm³/mol. The molecular formula is C9H12ClN3O3S2. The minimum Gasteiger partial charge on any atom is -0.360 e. The summed E-state index contributed by atoms with van der Waals surface area (Å²) >= 11 is 11.0. The largest absolute Gasteiger partial charge is 0.360 e. The molecule has 1 aromatic heterocycles. The molecule has 100 valence electrons. The summed E-state index contributed by atoms with van der Waals surface area (Å²) in [6, 6.07) is 1.29. The number of anilines is 1. The van der Waals surface area contributed by atoms with Crippen LogP contribution in [0.25, 0.3) is 0 Å². The second-order valence-corrected chi connectivity index (χ2v) is 7.24. The van der Waals surface area contributed by atoms with Crippen LogP contribution < -0.4 is 10.6 Å². The maximum absolute atomic E-state index is 11.4. The van der Waals surface area contributed by atoms with Crippen LogP contribution in [-0.2, 0) is 9.84 Å². The topological polar surface area (TPSA) is 84.2 Å². The van der Waals surface area contributed by atoms with Crippen molar-refractivity contribution in [2.45, 2.75) is 18.3 Å². The van der Waals surface area contributed by atoms with Gasteiger partial charge in [-0.25, -0.2) is 8.42 Å². The Balaban J connectivity index is 1.92. The van der Waals surface area contributed by atoms with Crippen LogP contribution in [0.2, 0.25) is 0 Å². The van der Waals surface area contributed by atoms with Crippen molar-refractivity contribution in [3.63, 3.8) is 0 Å². The fourth-order valence-corrected chi connectivity index (χ4v) is 4.49. The highest BCUT2D eigenvalue weighted by Gasteiger charge is 2.36. The molecule has 1 saturated heterocycles. The van der Waals surface area contributed by atoms with E-state index in [1.165, 1.54) is 0 Å². The van der Waals surface area contributed by atoms with E-state index in [-0.39, 0.29) is 22.7 Å². The normalized spacial score (nSPS) is 25.9. The highest BCUT2D eigenvalue weighted by Crippen LogP contribution is 2.18. The summed E-state index contributed by atoms with van der Waals surface area (Å²) in [4.78, 5) is 0. The van der Waals surface area contributed by atoms with Crippen LogP contribution in [0.1, 0.15) is 5.76 Å². The summed E-state index contributed by atoms with van der Waals surface area (Å²) in [7, 11) is -3.08. The first-order valence-corrected chi connectivity index (χ1v) is 7.88. The molecule has 1 aromatic rings. The Morgan fingerprint density at radius 2 is 2.33 bits per heavy atom. The average molecular weight is 310 g/mol. The van der Waals surface area contributed by atoms with E-state index in [9.17, 15) is 8.42 Å². The van der Waals surface area contributed by atoms with Gasteiger partial charge in [0.15, 0.2) is 20.8 Å². The molecule has 0 unspecified atom stereocenters. The Kier molecular flexibility index (Phi) is 3.79. The van der Waals surface area contributed by atoms with Crippen LogP contribution in [0.5, 0.6) is 0 Å². The van der Waals surface area contributed by atoms with Crippen LogP contribution in [0.15, 0.2) is 10.6 Å². The van der Waals surface area contributed by atoms with Gasteiger partial charge in [0.1, 0.15) is 5.76 Å². The zero-order chi connectivity index (χ0) is 13.3. The second kappa shape index (κ2) is 5.02. The van der Waals surface area contributed by atoms with Crippen molar-refractivity contribution in [3.8, 4) is 0 Å². The Morgan fingerprint density at radius 1 is 1.61 bits per heavy atom. The number of halogens is 1. The van der Waals surface area contributed by atoms with E-state index in [1.807, 2.05) is 0 Å². The molecule has 1 aliphatic rings. The maximum Gasteiger partial charge on any atom is 0.175 e. The minimum atomic E-state index is -3.08. The van der Waals surface area contributed by atoms with Gasteiger partial charge in [-0.3, -0.25) is 0 Å². The summed E-state index contributed by atoms with van der Waals surface area (Å²) in [6.07, 6.45) is 0. The molecule has 0 amide bonds. The van der Waals surface area contributed by atoms with Crippen molar-refractivity contribution in [3.05, 3.63) is 11.8 Å². The van der Waals surface area contributed by atoms with Crippen molar-refractivity contribution >= 4 is 44.6 Å². The number of sulfone groups is 1. The molecule has 18 heavy (non-hydrogen) atoms. The molecule has 0 bridgehead atoms. The minimum absolute atomic E-state index is 0.0131. The van der Waals surface area contributed by atoms with Gasteiger partial charge >= 0.3 is 0 Å². The molecule has 9 heteroatoms. The second-order valence-electron chi connectivity index (χ2n) is 4.12. The number of aromatic nitrogens is 1. The molecule has 6 nitrogen and oxygen atoms in total. The van der Waals surface area contributed by atoms with Crippen molar-refractivity contribution in [1.29, 1.82) is 0 Å².